The minimum atomic E-state index is -1.21. The molecule has 0 radical (unpaired) electrons. The van der Waals surface area contributed by atoms with E-state index in [0.29, 0.717) is 0 Å². The molecule has 4 nitrogen and oxygen atoms in total. The van der Waals surface area contributed by atoms with Crippen molar-refractivity contribution in [1.82, 2.24) is 4.57 Å². The van der Waals surface area contributed by atoms with E-state index in [2.05, 4.69) is 10.6 Å². The second-order valence-corrected chi connectivity index (χ2v) is 4.98. The zero-order valence-electron chi connectivity index (χ0n) is 12.2. The monoisotopic (exact) mass is 280 g/mol. The Morgan fingerprint density at radius 2 is 2.00 bits per heavy atom. The van der Waals surface area contributed by atoms with Gasteiger partial charge in [-0.15, -0.1) is 0 Å². The van der Waals surface area contributed by atoms with Crippen LogP contribution in [0.3, 0.4) is 0 Å². The van der Waals surface area contributed by atoms with Crippen molar-refractivity contribution in [2.45, 2.75) is 20.8 Å². The lowest BCUT2D eigenvalue weighted by Crippen LogP contribution is -2.00. The molecule has 1 N–H and O–H groups in total. The first kappa shape index (κ1) is 14.6. The van der Waals surface area contributed by atoms with Crippen molar-refractivity contribution in [2.75, 3.05) is 0 Å². The van der Waals surface area contributed by atoms with Gasteiger partial charge in [-0.25, -0.2) is 4.79 Å². The third kappa shape index (κ3) is 2.87. The molecule has 1 aromatic carbocycles. The molecule has 0 bridgehead atoms. The molecule has 2 aromatic rings. The van der Waals surface area contributed by atoms with Crippen molar-refractivity contribution in [3.05, 3.63) is 58.4 Å². The van der Waals surface area contributed by atoms with Crippen LogP contribution in [0, 0.1) is 32.1 Å². The van der Waals surface area contributed by atoms with Gasteiger partial charge in [0.25, 0.3) is 0 Å². The SMILES string of the molecule is Cc1cccc(-n2c(C)cc(/C=C(/C#N)C(=O)O)c2C)c1. The minimum Gasteiger partial charge on any atom is -0.477 e. The van der Waals surface area contributed by atoms with E-state index >= 15 is 0 Å². The number of carboxylic acids is 1. The second-order valence-electron chi connectivity index (χ2n) is 4.98. The molecule has 0 atom stereocenters. The first-order valence-corrected chi connectivity index (χ1v) is 6.55. The summed E-state index contributed by atoms with van der Waals surface area (Å²) in [5.74, 6) is -1.21. The summed E-state index contributed by atoms with van der Waals surface area (Å²) in [5, 5.41) is 17.8. The van der Waals surface area contributed by atoms with Crippen molar-refractivity contribution in [1.29, 1.82) is 5.26 Å². The number of nitrogens with zero attached hydrogens (tertiary/aromatic N) is 2. The molecule has 0 unspecified atom stereocenters. The third-order valence-corrected chi connectivity index (χ3v) is 3.38. The zero-order chi connectivity index (χ0) is 15.6. The van der Waals surface area contributed by atoms with Crippen molar-refractivity contribution in [3.8, 4) is 11.8 Å². The first-order valence-electron chi connectivity index (χ1n) is 6.55. The highest BCUT2D eigenvalue weighted by Gasteiger charge is 2.12. The van der Waals surface area contributed by atoms with Crippen LogP contribution in [0.4, 0.5) is 0 Å². The molecular weight excluding hydrogens is 264 g/mol. The summed E-state index contributed by atoms with van der Waals surface area (Å²) in [6, 6.07) is 11.7. The van der Waals surface area contributed by atoms with Crippen LogP contribution < -0.4 is 0 Å². The number of hydrogen-bond donors (Lipinski definition) is 1. The average Bonchev–Trinajstić information content (AvgIpc) is 2.70. The summed E-state index contributed by atoms with van der Waals surface area (Å²) < 4.78 is 2.05. The number of hydrogen-bond acceptors (Lipinski definition) is 2. The Hall–Kier alpha value is -2.80. The molecule has 0 aliphatic rings. The smallest absolute Gasteiger partial charge is 0.346 e. The van der Waals surface area contributed by atoms with Crippen LogP contribution in [0.2, 0.25) is 0 Å². The van der Waals surface area contributed by atoms with Gasteiger partial charge in [-0.05, 0) is 56.2 Å². The van der Waals surface area contributed by atoms with Gasteiger partial charge in [-0.1, -0.05) is 12.1 Å². The van der Waals surface area contributed by atoms with Gasteiger partial charge in [-0.3, -0.25) is 0 Å². The fourth-order valence-electron chi connectivity index (χ4n) is 2.40. The van der Waals surface area contributed by atoms with Gasteiger partial charge >= 0.3 is 5.97 Å². The normalized spacial score (nSPS) is 11.2. The molecule has 0 saturated carbocycles. The van der Waals surface area contributed by atoms with Gasteiger partial charge in [0.1, 0.15) is 11.6 Å². The van der Waals surface area contributed by atoms with E-state index < -0.39 is 5.97 Å². The summed E-state index contributed by atoms with van der Waals surface area (Å²) in [6.07, 6.45) is 1.41. The second kappa shape index (κ2) is 5.68. The lowest BCUT2D eigenvalue weighted by Gasteiger charge is -2.10. The molecule has 0 aliphatic heterocycles. The molecule has 106 valence electrons. The minimum absolute atomic E-state index is 0.264. The van der Waals surface area contributed by atoms with E-state index in [4.69, 9.17) is 10.4 Å². The topological polar surface area (TPSA) is 66.0 Å². The summed E-state index contributed by atoms with van der Waals surface area (Å²) in [6.45, 7) is 5.90. The third-order valence-electron chi connectivity index (χ3n) is 3.38. The van der Waals surface area contributed by atoms with Gasteiger partial charge in [-0.2, -0.15) is 5.26 Å². The largest absolute Gasteiger partial charge is 0.477 e. The number of benzene rings is 1. The van der Waals surface area contributed by atoms with Crippen LogP contribution in [0.15, 0.2) is 35.9 Å². The molecular formula is C17H16N2O2. The maximum Gasteiger partial charge on any atom is 0.346 e. The van der Waals surface area contributed by atoms with Crippen molar-refractivity contribution < 1.29 is 9.90 Å². The standard InChI is InChI=1S/C17H16N2O2/c1-11-5-4-6-16(7-11)19-12(2)8-14(13(19)3)9-15(10-18)17(20)21/h4-9H,1-3H3,(H,20,21)/b15-9-. The Balaban J connectivity index is 2.58. The van der Waals surface area contributed by atoms with Crippen molar-refractivity contribution >= 4 is 12.0 Å². The Labute approximate surface area is 123 Å². The molecule has 0 fully saturated rings. The molecule has 2 rings (SSSR count). The number of nitriles is 1. The quantitative estimate of drug-likeness (QED) is 0.692. The van der Waals surface area contributed by atoms with Crippen LogP contribution in [0.1, 0.15) is 22.5 Å². The Kier molecular flexibility index (Phi) is 3.95. The van der Waals surface area contributed by atoms with E-state index in [9.17, 15) is 4.79 Å². The zero-order valence-corrected chi connectivity index (χ0v) is 12.2. The fraction of sp³-hybridized carbons (Fsp3) is 0.176. The molecule has 4 heteroatoms. The van der Waals surface area contributed by atoms with Crippen LogP contribution in [0.5, 0.6) is 0 Å². The number of carboxylic acid groups (broad SMARTS) is 1. The highest BCUT2D eigenvalue weighted by Crippen LogP contribution is 2.23. The maximum atomic E-state index is 11.0. The molecule has 1 heterocycles. The number of aliphatic carboxylic acids is 1. The van der Waals surface area contributed by atoms with Crippen LogP contribution >= 0.6 is 0 Å². The number of aromatic nitrogens is 1. The summed E-state index contributed by atoms with van der Waals surface area (Å²) >= 11 is 0. The molecule has 0 spiro atoms. The van der Waals surface area contributed by atoms with Crippen LogP contribution in [0.25, 0.3) is 11.8 Å². The Bertz CT molecular complexity index is 777. The average molecular weight is 280 g/mol. The van der Waals surface area contributed by atoms with Crippen molar-refractivity contribution in [2.24, 2.45) is 0 Å². The van der Waals surface area contributed by atoms with Gasteiger partial charge in [0, 0.05) is 17.1 Å². The lowest BCUT2D eigenvalue weighted by atomic mass is 10.1. The predicted octanol–water partition coefficient (Wildman–Crippen LogP) is 3.39. The van der Waals surface area contributed by atoms with E-state index in [1.807, 2.05) is 45.0 Å². The van der Waals surface area contributed by atoms with E-state index in [1.54, 1.807) is 6.07 Å². The fourth-order valence-corrected chi connectivity index (χ4v) is 2.40. The highest BCUT2D eigenvalue weighted by molar-refractivity contribution is 5.96. The summed E-state index contributed by atoms with van der Waals surface area (Å²) in [4.78, 5) is 11.0. The Morgan fingerprint density at radius 1 is 1.29 bits per heavy atom. The lowest BCUT2D eigenvalue weighted by molar-refractivity contribution is -0.132. The van der Waals surface area contributed by atoms with Crippen LogP contribution in [-0.2, 0) is 4.79 Å². The summed E-state index contributed by atoms with van der Waals surface area (Å²) in [5.41, 5.74) is 4.56. The van der Waals surface area contributed by atoms with E-state index in [1.165, 1.54) is 6.08 Å². The number of rotatable bonds is 3. The maximum absolute atomic E-state index is 11.0. The molecule has 1 aromatic heterocycles. The van der Waals surface area contributed by atoms with Gasteiger partial charge in [0.05, 0.1) is 0 Å². The molecule has 0 amide bonds. The number of carbonyl (C=O) groups is 1. The van der Waals surface area contributed by atoms with Crippen LogP contribution in [-0.4, -0.2) is 15.6 Å². The number of aryl methyl sites for hydroxylation is 2. The summed E-state index contributed by atoms with van der Waals surface area (Å²) in [7, 11) is 0. The van der Waals surface area contributed by atoms with E-state index in [-0.39, 0.29) is 5.57 Å². The highest BCUT2D eigenvalue weighted by atomic mass is 16.4. The van der Waals surface area contributed by atoms with Gasteiger partial charge < -0.3 is 9.67 Å². The predicted molar refractivity (Wildman–Crippen MR) is 81.2 cm³/mol. The first-order chi connectivity index (χ1) is 9.93. The molecule has 0 saturated heterocycles. The van der Waals surface area contributed by atoms with E-state index in [0.717, 1.165) is 28.2 Å². The molecule has 21 heavy (non-hydrogen) atoms. The molecule has 0 aliphatic carbocycles. The Morgan fingerprint density at radius 3 is 2.57 bits per heavy atom. The van der Waals surface area contributed by atoms with Gasteiger partial charge in [0.15, 0.2) is 0 Å². The van der Waals surface area contributed by atoms with Gasteiger partial charge in [0.2, 0.25) is 0 Å². The van der Waals surface area contributed by atoms with Crippen molar-refractivity contribution in [3.63, 3.8) is 0 Å².